The maximum absolute atomic E-state index is 12.7. The highest BCUT2D eigenvalue weighted by Gasteiger charge is 2.25. The van der Waals surface area contributed by atoms with E-state index in [1.807, 2.05) is 19.1 Å². The predicted molar refractivity (Wildman–Crippen MR) is 108 cm³/mol. The van der Waals surface area contributed by atoms with Gasteiger partial charge in [0, 0.05) is 22.8 Å². The molecular weight excluding hydrogens is 358 g/mol. The van der Waals surface area contributed by atoms with E-state index in [1.165, 1.54) is 0 Å². The second-order valence-electron chi connectivity index (χ2n) is 5.64. The fourth-order valence-corrected chi connectivity index (χ4v) is 3.19. The molecule has 0 radical (unpaired) electrons. The van der Waals surface area contributed by atoms with Gasteiger partial charge in [0.2, 0.25) is 0 Å². The minimum Gasteiger partial charge on any atom is -0.361 e. The smallest absolute Gasteiger partial charge is 0.187 e. The number of nitrogens with one attached hydrogen (secondary N) is 2. The first kappa shape index (κ1) is 20.3. The van der Waals surface area contributed by atoms with Crippen LogP contribution in [0.15, 0.2) is 41.7 Å². The zero-order valence-electron chi connectivity index (χ0n) is 15.1. The van der Waals surface area contributed by atoms with Crippen molar-refractivity contribution in [1.29, 1.82) is 5.26 Å². The third-order valence-electron chi connectivity index (χ3n) is 3.79. The van der Waals surface area contributed by atoms with Crippen LogP contribution in [-0.2, 0) is 5.75 Å². The number of hydrogen-bond acceptors (Lipinski definition) is 5. The first-order chi connectivity index (χ1) is 13.2. The standard InChI is InChI=1S/C20H21N5OS/c1-3-9-22-20(17(12-21)19(26)16-7-5-4-6-8-16)23-10-11-27-13-18-15(2)24-14-25-18/h1,4-8,14,17H,9-11,13H2,2H3,(H,22,23)(H,24,25). The number of H-pyrrole nitrogens is 1. The molecular formula is C20H21N5OS. The van der Waals surface area contributed by atoms with Crippen LogP contribution in [0.4, 0.5) is 0 Å². The number of carbonyl (C=O) groups is 1. The highest BCUT2D eigenvalue weighted by atomic mass is 32.2. The number of aliphatic imine (C=N–C) groups is 1. The van der Waals surface area contributed by atoms with E-state index in [0.717, 1.165) is 22.9 Å². The molecule has 1 aromatic heterocycles. The fourth-order valence-electron chi connectivity index (χ4n) is 2.34. The lowest BCUT2D eigenvalue weighted by Gasteiger charge is -2.13. The monoisotopic (exact) mass is 379 g/mol. The normalized spacial score (nSPS) is 12.0. The van der Waals surface area contributed by atoms with Gasteiger partial charge in [-0.25, -0.2) is 4.98 Å². The Morgan fingerprint density at radius 2 is 2.22 bits per heavy atom. The topological polar surface area (TPSA) is 93.9 Å². The van der Waals surface area contributed by atoms with Gasteiger partial charge >= 0.3 is 0 Å². The zero-order chi connectivity index (χ0) is 19.5. The number of hydrogen-bond donors (Lipinski definition) is 2. The Hall–Kier alpha value is -3.03. The summed E-state index contributed by atoms with van der Waals surface area (Å²) < 4.78 is 0. The maximum atomic E-state index is 12.7. The molecule has 2 N–H and O–H groups in total. The molecule has 1 atom stereocenters. The zero-order valence-corrected chi connectivity index (χ0v) is 15.9. The second-order valence-corrected chi connectivity index (χ2v) is 6.75. The van der Waals surface area contributed by atoms with Crippen molar-refractivity contribution < 1.29 is 4.79 Å². The number of aryl methyl sites for hydroxylation is 1. The van der Waals surface area contributed by atoms with E-state index in [9.17, 15) is 10.1 Å². The number of amidine groups is 1. The summed E-state index contributed by atoms with van der Waals surface area (Å²) in [6.45, 7) is 2.66. The number of terminal acetylenes is 1. The Bertz CT molecular complexity index is 860. The lowest BCUT2D eigenvalue weighted by molar-refractivity contribution is 0.0974. The van der Waals surface area contributed by atoms with Gasteiger partial charge in [0.1, 0.15) is 5.84 Å². The summed E-state index contributed by atoms with van der Waals surface area (Å²) in [5, 5.41) is 12.5. The van der Waals surface area contributed by atoms with Crippen LogP contribution < -0.4 is 5.32 Å². The van der Waals surface area contributed by atoms with Crippen LogP contribution in [0.1, 0.15) is 21.7 Å². The van der Waals surface area contributed by atoms with E-state index in [1.54, 1.807) is 42.4 Å². The molecule has 0 aliphatic carbocycles. The van der Waals surface area contributed by atoms with E-state index in [4.69, 9.17) is 6.42 Å². The predicted octanol–water partition coefficient (Wildman–Crippen LogP) is 2.60. The SMILES string of the molecule is C#CCNC(=NCCSCc1nc[nH]c1C)C(C#N)C(=O)c1ccccc1. The molecule has 6 nitrogen and oxygen atoms in total. The van der Waals surface area contributed by atoms with E-state index in [0.29, 0.717) is 17.9 Å². The van der Waals surface area contributed by atoms with E-state index < -0.39 is 5.92 Å². The van der Waals surface area contributed by atoms with Crippen molar-refractivity contribution >= 4 is 23.4 Å². The van der Waals surface area contributed by atoms with Crippen LogP contribution in [0.2, 0.25) is 0 Å². The molecule has 7 heteroatoms. The van der Waals surface area contributed by atoms with Crippen LogP contribution >= 0.6 is 11.8 Å². The van der Waals surface area contributed by atoms with Crippen molar-refractivity contribution in [2.75, 3.05) is 18.8 Å². The van der Waals surface area contributed by atoms with E-state index in [-0.39, 0.29) is 12.3 Å². The maximum Gasteiger partial charge on any atom is 0.187 e. The van der Waals surface area contributed by atoms with Crippen molar-refractivity contribution in [3.8, 4) is 18.4 Å². The highest BCUT2D eigenvalue weighted by molar-refractivity contribution is 7.98. The lowest BCUT2D eigenvalue weighted by Crippen LogP contribution is -2.35. The summed E-state index contributed by atoms with van der Waals surface area (Å²) in [6, 6.07) is 10.8. The van der Waals surface area contributed by atoms with Crippen LogP contribution in [-0.4, -0.2) is 40.4 Å². The Morgan fingerprint density at radius 1 is 1.44 bits per heavy atom. The van der Waals surface area contributed by atoms with Gasteiger partial charge in [-0.2, -0.15) is 17.0 Å². The average Bonchev–Trinajstić information content (AvgIpc) is 3.11. The van der Waals surface area contributed by atoms with E-state index in [2.05, 4.69) is 26.2 Å². The largest absolute Gasteiger partial charge is 0.361 e. The third kappa shape index (κ3) is 6.02. The molecule has 0 aliphatic rings. The lowest BCUT2D eigenvalue weighted by atomic mass is 9.97. The minimum absolute atomic E-state index is 0.207. The highest BCUT2D eigenvalue weighted by Crippen LogP contribution is 2.13. The van der Waals surface area contributed by atoms with Gasteiger partial charge in [0.15, 0.2) is 11.7 Å². The van der Waals surface area contributed by atoms with Crippen molar-refractivity contribution in [2.24, 2.45) is 10.9 Å². The van der Waals surface area contributed by atoms with Crippen LogP contribution in [0.3, 0.4) is 0 Å². The quantitative estimate of drug-likeness (QED) is 0.230. The van der Waals surface area contributed by atoms with Crippen molar-refractivity contribution in [2.45, 2.75) is 12.7 Å². The molecule has 0 saturated carbocycles. The van der Waals surface area contributed by atoms with Crippen LogP contribution in [0, 0.1) is 36.5 Å². The summed E-state index contributed by atoms with van der Waals surface area (Å²) in [5.41, 5.74) is 2.55. The fraction of sp³-hybridized carbons (Fsp3) is 0.300. The molecule has 1 heterocycles. The summed E-state index contributed by atoms with van der Waals surface area (Å²) >= 11 is 1.69. The van der Waals surface area contributed by atoms with Crippen molar-refractivity contribution in [3.63, 3.8) is 0 Å². The number of nitriles is 1. The number of thioether (sulfide) groups is 1. The molecule has 2 rings (SSSR count). The van der Waals surface area contributed by atoms with Gasteiger partial charge < -0.3 is 10.3 Å². The number of aromatic amines is 1. The molecule has 1 unspecified atom stereocenters. The average molecular weight is 379 g/mol. The molecule has 1 aromatic carbocycles. The number of imidazole rings is 1. The number of rotatable bonds is 9. The summed E-state index contributed by atoms with van der Waals surface area (Å²) in [4.78, 5) is 24.4. The molecule has 138 valence electrons. The number of nitrogens with zero attached hydrogens (tertiary/aromatic N) is 3. The van der Waals surface area contributed by atoms with Gasteiger partial charge in [-0.1, -0.05) is 36.3 Å². The second kappa shape index (κ2) is 10.8. The molecule has 2 aromatic rings. The molecule has 0 saturated heterocycles. The van der Waals surface area contributed by atoms with Gasteiger partial charge in [-0.05, 0) is 6.92 Å². The van der Waals surface area contributed by atoms with Crippen molar-refractivity contribution in [1.82, 2.24) is 15.3 Å². The van der Waals surface area contributed by atoms with Crippen molar-refractivity contribution in [3.05, 3.63) is 53.6 Å². The number of ketones is 1. The Balaban J connectivity index is 2.00. The van der Waals surface area contributed by atoms with Crippen LogP contribution in [0.25, 0.3) is 0 Å². The summed E-state index contributed by atoms with van der Waals surface area (Å²) in [6.07, 6.45) is 6.98. The van der Waals surface area contributed by atoms with Gasteiger partial charge in [-0.15, -0.1) is 6.42 Å². The molecule has 0 bridgehead atoms. The number of aromatic nitrogens is 2. The third-order valence-corrected chi connectivity index (χ3v) is 4.73. The van der Waals surface area contributed by atoms with E-state index >= 15 is 0 Å². The molecule has 27 heavy (non-hydrogen) atoms. The molecule has 0 spiro atoms. The Labute approximate surface area is 163 Å². The van der Waals surface area contributed by atoms with Gasteiger partial charge in [0.05, 0.1) is 31.2 Å². The first-order valence-corrected chi connectivity index (χ1v) is 9.60. The number of carbonyl (C=O) groups excluding carboxylic acids is 1. The summed E-state index contributed by atoms with van der Waals surface area (Å²) in [7, 11) is 0. The van der Waals surface area contributed by atoms with Gasteiger partial charge in [-0.3, -0.25) is 9.79 Å². The number of benzene rings is 1. The minimum atomic E-state index is -1.00. The van der Waals surface area contributed by atoms with Crippen LogP contribution in [0.5, 0.6) is 0 Å². The molecule has 0 amide bonds. The Morgan fingerprint density at radius 3 is 2.85 bits per heavy atom. The number of Topliss-reactive ketones (excluding diaryl/α,β-unsaturated/α-hetero) is 1. The molecule has 0 fully saturated rings. The van der Waals surface area contributed by atoms with Gasteiger partial charge in [0.25, 0.3) is 0 Å². The molecule has 0 aliphatic heterocycles. The first-order valence-electron chi connectivity index (χ1n) is 8.44. The summed E-state index contributed by atoms with van der Waals surface area (Å²) in [5.74, 6) is 3.00. The Kier molecular flexibility index (Phi) is 8.15.